The van der Waals surface area contributed by atoms with Crippen LogP contribution in [0.15, 0.2) is 48.5 Å². The maximum absolute atomic E-state index is 14.0. The minimum Gasteiger partial charge on any atom is -0.507 e. The van der Waals surface area contributed by atoms with Crippen LogP contribution in [0.2, 0.25) is 23.2 Å². The molecule has 1 unspecified atom stereocenters. The summed E-state index contributed by atoms with van der Waals surface area (Å²) < 4.78 is 44.0. The van der Waals surface area contributed by atoms with Gasteiger partial charge in [0, 0.05) is 76.4 Å². The van der Waals surface area contributed by atoms with Crippen LogP contribution in [0.4, 0.5) is 4.39 Å². The minimum atomic E-state index is -1.95. The fourth-order valence-electron chi connectivity index (χ4n) is 8.54. The average Bonchev–Trinajstić information content (AvgIpc) is 3.86. The van der Waals surface area contributed by atoms with Gasteiger partial charge < -0.3 is 28.3 Å². The highest BCUT2D eigenvalue weighted by atomic mass is 35.5. The lowest BCUT2D eigenvalue weighted by Gasteiger charge is -2.36. The number of ether oxygens (including phenoxy) is 3. The van der Waals surface area contributed by atoms with Crippen LogP contribution < -0.4 is 0 Å². The fraction of sp³-hybridized carbons (Fsp3) is 0.490. The highest BCUT2D eigenvalue weighted by Crippen LogP contribution is 2.44. The van der Waals surface area contributed by atoms with Crippen molar-refractivity contribution in [1.82, 2.24) is 24.1 Å². The zero-order valence-electron chi connectivity index (χ0n) is 38.8. The number of phenolic OH excluding ortho intramolecular Hbond substituents is 1. The van der Waals surface area contributed by atoms with Crippen molar-refractivity contribution in [3.8, 4) is 16.9 Å². The Kier molecular flexibility index (Phi) is 15.0. The lowest BCUT2D eigenvalue weighted by molar-refractivity contribution is -0.163. The molecule has 0 radical (unpaired) electrons. The highest BCUT2D eigenvalue weighted by molar-refractivity contribution is 7.97. The first kappa shape index (κ1) is 47.8. The third-order valence-corrected chi connectivity index (χ3v) is 18.8. The Balaban J connectivity index is 1.17. The summed E-state index contributed by atoms with van der Waals surface area (Å²) in [6.07, 6.45) is 4.89. The van der Waals surface area contributed by atoms with E-state index >= 15 is 0 Å². The first-order chi connectivity index (χ1) is 30.5. The van der Waals surface area contributed by atoms with Crippen molar-refractivity contribution in [3.63, 3.8) is 0 Å². The van der Waals surface area contributed by atoms with Crippen LogP contribution in [-0.2, 0) is 63.1 Å². The molecule has 1 aliphatic heterocycles. The lowest BCUT2D eigenvalue weighted by Crippen LogP contribution is -2.41. The van der Waals surface area contributed by atoms with Gasteiger partial charge in [0.25, 0.3) is 0 Å². The van der Waals surface area contributed by atoms with Crippen LogP contribution >= 0.6 is 23.4 Å². The number of nitrogens with zero attached hydrogens (tertiary/aromatic N) is 5. The molecule has 0 amide bonds. The third-order valence-electron chi connectivity index (χ3n) is 13.0. The predicted molar refractivity (Wildman–Crippen MR) is 257 cm³/mol. The Morgan fingerprint density at radius 1 is 1.02 bits per heavy atom. The predicted octanol–water partition coefficient (Wildman–Crippen LogP) is 11.5. The lowest BCUT2D eigenvalue weighted by atomic mass is 9.97. The van der Waals surface area contributed by atoms with Gasteiger partial charge >= 0.3 is 5.97 Å². The molecule has 0 saturated carbocycles. The summed E-state index contributed by atoms with van der Waals surface area (Å²) in [6.45, 7) is 18.1. The molecule has 6 aromatic rings. The van der Waals surface area contributed by atoms with Crippen molar-refractivity contribution in [2.24, 2.45) is 7.05 Å². The van der Waals surface area contributed by atoms with Crippen molar-refractivity contribution >= 4 is 59.3 Å². The number of hydrogen-bond acceptors (Lipinski definition) is 9. The summed E-state index contributed by atoms with van der Waals surface area (Å²) in [5, 5.41) is 23.5. The second-order valence-electron chi connectivity index (χ2n) is 18.4. The number of aromatic hydroxyl groups is 1. The van der Waals surface area contributed by atoms with Gasteiger partial charge in [0.05, 0.1) is 37.3 Å². The Morgan fingerprint density at radius 3 is 2.55 bits per heavy atom. The molecule has 7 rings (SSSR count). The van der Waals surface area contributed by atoms with E-state index in [4.69, 9.17) is 40.4 Å². The number of aromatic nitrogens is 5. The van der Waals surface area contributed by atoms with E-state index in [1.807, 2.05) is 48.5 Å². The number of hydrogen-bond donors (Lipinski definition) is 1. The van der Waals surface area contributed by atoms with E-state index in [1.165, 1.54) is 19.2 Å². The number of fused-ring (bicyclic) bond motifs is 2. The second kappa shape index (κ2) is 20.1. The molecule has 1 saturated heterocycles. The summed E-state index contributed by atoms with van der Waals surface area (Å²) in [6, 6.07) is 14.2. The summed E-state index contributed by atoms with van der Waals surface area (Å²) in [5.41, 5.74) is 8.77. The molecule has 344 valence electrons. The smallest absolute Gasteiger partial charge is 0.354 e. The molecule has 1 fully saturated rings. The minimum absolute atomic E-state index is 0.0941. The molecular weight excluding hydrogens is 869 g/mol. The molecule has 0 spiro atoms. The second-order valence-corrected chi connectivity index (χ2v) is 24.6. The largest absolute Gasteiger partial charge is 0.507 e. The van der Waals surface area contributed by atoms with Gasteiger partial charge in [0.1, 0.15) is 17.3 Å². The summed E-state index contributed by atoms with van der Waals surface area (Å²) >= 11 is 9.01. The standard InChI is InChI=1S/C49H63ClFN5O6SSi/c1-31-44-40(55(47(31)48(58)59-7)20-12-23-62-64(8,9)49(3,4)5)19-18-39(50)46(44)45-32(2)52-56(21-24-61-43-13-10-11-22-60-43)41(45)30-63-29-36-28-37(54(6)53-36)16-14-33-25-34-27-35(51)15-17-38(34)42(57)26-33/h15,17-19,25-28,43,57H,10-14,16,20-24,29-30H2,1-9H3. The molecular formula is C49H63ClFN5O6SSi. The van der Waals surface area contributed by atoms with E-state index in [9.17, 15) is 14.3 Å². The van der Waals surface area contributed by atoms with Gasteiger partial charge in [-0.15, -0.1) is 11.8 Å². The number of thioether (sulfide) groups is 1. The normalized spacial score (nSPS) is 14.9. The van der Waals surface area contributed by atoms with Crippen molar-refractivity contribution in [1.29, 1.82) is 0 Å². The molecule has 1 atom stereocenters. The molecule has 0 bridgehead atoms. The van der Waals surface area contributed by atoms with E-state index in [0.29, 0.717) is 78.7 Å². The molecule has 64 heavy (non-hydrogen) atoms. The maximum atomic E-state index is 14.0. The summed E-state index contributed by atoms with van der Waals surface area (Å²) in [5.74, 6) is 0.676. The molecule has 4 heterocycles. The molecule has 1 aliphatic rings. The maximum Gasteiger partial charge on any atom is 0.354 e. The average molecular weight is 933 g/mol. The summed E-state index contributed by atoms with van der Waals surface area (Å²) in [4.78, 5) is 13.6. The van der Waals surface area contributed by atoms with Gasteiger partial charge in [0.15, 0.2) is 14.6 Å². The number of aryl methyl sites for hydroxylation is 6. The fourth-order valence-corrected chi connectivity index (χ4v) is 10.8. The first-order valence-electron chi connectivity index (χ1n) is 22.3. The van der Waals surface area contributed by atoms with Crippen LogP contribution in [-0.4, -0.2) is 76.7 Å². The van der Waals surface area contributed by atoms with E-state index in [0.717, 1.165) is 81.6 Å². The SMILES string of the molecule is COC(=O)c1c(C)c2c(-c3c(C)nn(CCOC4CCCCO4)c3CSCc3cc(CCc4cc(O)c5ccc(F)cc5c4)n(C)n3)c(Cl)ccc2n1CCCO[Si](C)(C)C(C)(C)C. The number of benzene rings is 3. The molecule has 15 heteroatoms. The van der Waals surface area contributed by atoms with Crippen molar-refractivity contribution in [2.75, 3.05) is 26.9 Å². The molecule has 1 N–H and O–H groups in total. The van der Waals surface area contributed by atoms with Crippen LogP contribution in [0.3, 0.4) is 0 Å². The topological polar surface area (TPSA) is 115 Å². The van der Waals surface area contributed by atoms with Gasteiger partial charge in [0.2, 0.25) is 0 Å². The Bertz CT molecular complexity index is 2630. The van der Waals surface area contributed by atoms with E-state index < -0.39 is 14.3 Å². The molecule has 3 aromatic heterocycles. The van der Waals surface area contributed by atoms with Crippen molar-refractivity contribution in [3.05, 3.63) is 99.0 Å². The first-order valence-corrected chi connectivity index (χ1v) is 26.8. The number of rotatable bonds is 18. The monoisotopic (exact) mass is 931 g/mol. The van der Waals surface area contributed by atoms with Crippen LogP contribution in [0.1, 0.15) is 90.8 Å². The van der Waals surface area contributed by atoms with E-state index in [2.05, 4.69) is 44.5 Å². The summed E-state index contributed by atoms with van der Waals surface area (Å²) in [7, 11) is 1.42. The number of carbonyl (C=O) groups is 1. The third kappa shape index (κ3) is 10.4. The number of carbonyl (C=O) groups excluding carboxylic acids is 1. The van der Waals surface area contributed by atoms with Gasteiger partial charge in [-0.25, -0.2) is 9.18 Å². The van der Waals surface area contributed by atoms with Crippen LogP contribution in [0.5, 0.6) is 5.75 Å². The number of esters is 1. The van der Waals surface area contributed by atoms with Gasteiger partial charge in [-0.1, -0.05) is 38.4 Å². The Labute approximate surface area is 386 Å². The zero-order chi connectivity index (χ0) is 45.9. The Hall–Kier alpha value is -4.18. The van der Waals surface area contributed by atoms with Crippen LogP contribution in [0.25, 0.3) is 32.8 Å². The zero-order valence-corrected chi connectivity index (χ0v) is 41.3. The molecule has 3 aromatic carbocycles. The van der Waals surface area contributed by atoms with E-state index in [-0.39, 0.29) is 22.9 Å². The van der Waals surface area contributed by atoms with Gasteiger partial charge in [-0.05, 0) is 129 Å². The van der Waals surface area contributed by atoms with Gasteiger partial charge in [-0.2, -0.15) is 10.2 Å². The number of phenols is 1. The quantitative estimate of drug-likeness (QED) is 0.0511. The van der Waals surface area contributed by atoms with Crippen molar-refractivity contribution in [2.45, 2.75) is 122 Å². The molecule has 0 aliphatic carbocycles. The van der Waals surface area contributed by atoms with E-state index in [1.54, 1.807) is 23.9 Å². The number of halogens is 2. The number of methoxy groups -OCH3 is 1. The Morgan fingerprint density at radius 2 is 1.81 bits per heavy atom. The van der Waals surface area contributed by atoms with Crippen LogP contribution in [0, 0.1) is 19.7 Å². The molecule has 11 nitrogen and oxygen atoms in total. The van der Waals surface area contributed by atoms with Gasteiger partial charge in [-0.3, -0.25) is 9.36 Å². The van der Waals surface area contributed by atoms with Crippen molar-refractivity contribution < 1.29 is 32.9 Å². The highest BCUT2D eigenvalue weighted by Gasteiger charge is 2.37.